The third kappa shape index (κ3) is 18.2. The van der Waals surface area contributed by atoms with Crippen LogP contribution in [0.25, 0.3) is 43.6 Å². The highest BCUT2D eigenvalue weighted by Gasteiger charge is 2.35. The first-order valence-corrected chi connectivity index (χ1v) is 42.9. The number of furan rings is 2. The molecule has 5 aromatic carbocycles. The fraction of sp³-hybridized carbons (Fsp3) is 0.302. The number of nitrogens with two attached hydrogens (primary N) is 1. The summed E-state index contributed by atoms with van der Waals surface area (Å²) in [6.07, 6.45) is 3.94. The van der Waals surface area contributed by atoms with Gasteiger partial charge in [0.15, 0.2) is 11.5 Å². The molecular weight excluding hydrogens is 1660 g/mol. The predicted molar refractivity (Wildman–Crippen MR) is 472 cm³/mol. The first-order valence-electron chi connectivity index (χ1n) is 39.0. The topological polar surface area (TPSA) is 333 Å². The van der Waals surface area contributed by atoms with Crippen molar-refractivity contribution in [2.45, 2.75) is 20.8 Å². The number of fused-ring (bicyclic) bond motifs is 4. The minimum atomic E-state index is -3.67. The second-order valence-corrected chi connectivity index (χ2v) is 33.0. The third-order valence-electron chi connectivity index (χ3n) is 21.6. The van der Waals surface area contributed by atoms with Crippen LogP contribution in [0, 0.1) is 6.92 Å². The Morgan fingerprint density at radius 3 is 1.32 bits per heavy atom. The number of nitrogens with one attached hydrogen (secondary N) is 1. The van der Waals surface area contributed by atoms with Gasteiger partial charge in [-0.05, 0) is 117 Å². The highest BCUT2D eigenvalue weighted by molar-refractivity contribution is 7.92. The standard InChI is InChI=1S/C25H25Cl2N3O4.C22H22ClN3O5.C20H22N4O5S.C19H20N4O2S/c1-4-34-25(33)21-22(17-13-15(2)5-8-20(17)28(3)24(21)32)29-9-11-30(12-10-29)23(31)16-6-7-18(26)19(27)14-16;1-3-30-22(29)18-19(15-13-14(23)6-7-16(15)24(2)21(18)28)25-8-10-26(11-9-25)20(27)17-5-4-12-31-17;1-22-15-7-4-3-6-14(15)18(17(20(22)26)21-30(2,27)28)23-9-11-24(12-10-23)19(25)16-8-5-13-29-16;1-21-14-6-3-2-5-13(14)17(16(20)19(21)25)22-8-10-23(11-9-22)18(24)15-7-4-12-26-15/h5-8,13-14H,4,9-12H2,1-3H3;4-7,12-13H,3,8-11H2,1-2H3;3-8,13,21H,9-12H2,1-2H3;2-7,12H,8-11,20H2,1H3. The van der Waals surface area contributed by atoms with Gasteiger partial charge < -0.3 is 81.5 Å². The van der Waals surface area contributed by atoms with Crippen molar-refractivity contribution in [3.05, 3.63) is 253 Å². The number of amides is 4. The number of sulfonamides is 1. The Kier molecular flexibility index (Phi) is 26.5. The second kappa shape index (κ2) is 37.1. The van der Waals surface area contributed by atoms with Crippen molar-refractivity contribution >= 4 is 169 Å². The summed E-state index contributed by atoms with van der Waals surface area (Å²) in [6.45, 7) is 13.4. The molecule has 4 aliphatic rings. The van der Waals surface area contributed by atoms with Crippen molar-refractivity contribution in [2.75, 3.05) is 154 Å². The van der Waals surface area contributed by atoms with E-state index >= 15 is 0 Å². The molecule has 0 aliphatic carbocycles. The van der Waals surface area contributed by atoms with Crippen LogP contribution in [0.5, 0.6) is 0 Å². The molecule has 4 saturated heterocycles. The van der Waals surface area contributed by atoms with E-state index in [1.807, 2.05) is 111 Å². The summed E-state index contributed by atoms with van der Waals surface area (Å²) in [5.41, 5.74) is 11.8. The van der Waals surface area contributed by atoms with Crippen molar-refractivity contribution in [3.63, 3.8) is 0 Å². The maximum atomic E-state index is 13.2. The van der Waals surface area contributed by atoms with E-state index in [1.54, 1.807) is 122 Å². The molecule has 30 nitrogen and oxygen atoms in total. The lowest BCUT2D eigenvalue weighted by molar-refractivity contribution is 0.0514. The van der Waals surface area contributed by atoms with Crippen molar-refractivity contribution < 1.29 is 55.5 Å². The van der Waals surface area contributed by atoms with E-state index in [-0.39, 0.29) is 76.4 Å². The average molecular weight is 1750 g/mol. The Morgan fingerprint density at radius 1 is 0.446 bits per heavy atom. The molecule has 0 radical (unpaired) electrons. The monoisotopic (exact) mass is 1740 g/mol. The molecule has 4 fully saturated rings. The molecule has 4 amide bonds. The molecule has 11 heterocycles. The number of aromatic nitrogens is 4. The Bertz CT molecular complexity index is 6340. The van der Waals surface area contributed by atoms with Gasteiger partial charge in [0.05, 0.1) is 91.7 Å². The summed E-state index contributed by atoms with van der Waals surface area (Å²) in [5, 5.41) is 6.33. The van der Waals surface area contributed by atoms with Crippen LogP contribution in [0.2, 0.25) is 15.1 Å². The number of pyridine rings is 4. The molecule has 0 unspecified atom stereocenters. The zero-order valence-corrected chi connectivity index (χ0v) is 71.6. The van der Waals surface area contributed by atoms with Gasteiger partial charge in [-0.25, -0.2) is 18.0 Å². The van der Waals surface area contributed by atoms with Crippen LogP contribution in [0.1, 0.15) is 81.3 Å². The molecule has 0 saturated carbocycles. The number of carbonyl (C=O) groups is 6. The van der Waals surface area contributed by atoms with Crippen molar-refractivity contribution in [1.82, 2.24) is 37.9 Å². The van der Waals surface area contributed by atoms with E-state index in [0.29, 0.717) is 159 Å². The Balaban J connectivity index is 0.000000140. The highest BCUT2D eigenvalue weighted by Crippen LogP contribution is 2.38. The number of nitrogen functional groups attached to an aromatic ring is 1. The number of carbonyl (C=O) groups excluding carboxylic acids is 6. The Labute approximate surface area is 714 Å². The molecule has 0 atom stereocenters. The lowest BCUT2D eigenvalue weighted by Gasteiger charge is -2.37. The summed E-state index contributed by atoms with van der Waals surface area (Å²) in [6, 6.07) is 41.3. The normalized spacial score (nSPS) is 14.4. The molecule has 0 spiro atoms. The molecular formula is C86H89Cl3N14O16S2. The van der Waals surface area contributed by atoms with Gasteiger partial charge in [-0.1, -0.05) is 88.9 Å². The summed E-state index contributed by atoms with van der Waals surface area (Å²) in [4.78, 5) is 144. The number of para-hydroxylation sites is 2. The number of hydrogen-bond acceptors (Lipinski definition) is 22. The maximum Gasteiger partial charge on any atom is 0.345 e. The second-order valence-electron chi connectivity index (χ2n) is 29.1. The highest BCUT2D eigenvalue weighted by atomic mass is 35.5. The van der Waals surface area contributed by atoms with Crippen LogP contribution >= 0.6 is 46.1 Å². The number of aryl methyl sites for hydroxylation is 5. The molecule has 121 heavy (non-hydrogen) atoms. The predicted octanol–water partition coefficient (Wildman–Crippen LogP) is 10.8. The number of hydrogen-bond donors (Lipinski definition) is 2. The maximum absolute atomic E-state index is 13.2. The molecule has 7 aromatic heterocycles. The van der Waals surface area contributed by atoms with Gasteiger partial charge in [0, 0.05) is 165 Å². The number of halogens is 3. The quantitative estimate of drug-likeness (QED) is 0.0955. The van der Waals surface area contributed by atoms with Crippen LogP contribution in [0.15, 0.2) is 185 Å². The van der Waals surface area contributed by atoms with Crippen molar-refractivity contribution in [2.24, 2.45) is 28.2 Å². The van der Waals surface area contributed by atoms with Crippen molar-refractivity contribution in [3.8, 4) is 0 Å². The number of anilines is 6. The van der Waals surface area contributed by atoms with Gasteiger partial charge in [-0.3, -0.25) is 43.1 Å². The zero-order valence-electron chi connectivity index (χ0n) is 67.7. The Hall–Kier alpha value is -12.4. The minimum absolute atomic E-state index is 0.0181. The molecule has 4 aliphatic heterocycles. The van der Waals surface area contributed by atoms with E-state index in [2.05, 4.69) is 9.62 Å². The average Bonchev–Trinajstić information content (AvgIpc) is 1.05. The largest absolute Gasteiger partial charge is 0.462 e. The van der Waals surface area contributed by atoms with Gasteiger partial charge >= 0.3 is 11.9 Å². The number of ether oxygens (including phenoxy) is 2. The van der Waals surface area contributed by atoms with E-state index < -0.39 is 38.6 Å². The number of benzene rings is 5. The molecule has 3 N–H and O–H groups in total. The molecule has 16 rings (SSSR count). The summed E-state index contributed by atoms with van der Waals surface area (Å²) in [5.74, 6) is -1.21. The van der Waals surface area contributed by atoms with Gasteiger partial charge in [0.1, 0.15) is 22.5 Å². The van der Waals surface area contributed by atoms with E-state index in [1.165, 1.54) is 37.6 Å². The van der Waals surface area contributed by atoms with Gasteiger partial charge in [0.2, 0.25) is 10.0 Å². The number of rotatable bonds is 14. The first-order chi connectivity index (χ1) is 58.0. The van der Waals surface area contributed by atoms with Crippen LogP contribution in [-0.2, 0) is 47.7 Å². The first kappa shape index (κ1) is 86.5. The fourth-order valence-electron chi connectivity index (χ4n) is 15.5. The van der Waals surface area contributed by atoms with Crippen molar-refractivity contribution in [1.29, 1.82) is 0 Å². The lowest BCUT2D eigenvalue weighted by atomic mass is 10.0. The van der Waals surface area contributed by atoms with E-state index in [4.69, 9.17) is 58.8 Å². The summed E-state index contributed by atoms with van der Waals surface area (Å²) < 4.78 is 53.1. The van der Waals surface area contributed by atoms with Gasteiger partial charge in [-0.2, -0.15) is 0 Å². The van der Waals surface area contributed by atoms with Gasteiger partial charge in [-0.15, -0.1) is 11.3 Å². The number of esters is 2. The van der Waals surface area contributed by atoms with E-state index in [0.717, 1.165) is 49.6 Å². The van der Waals surface area contributed by atoms with Crippen LogP contribution in [0.4, 0.5) is 34.1 Å². The fourth-order valence-corrected chi connectivity index (χ4v) is 17.2. The van der Waals surface area contributed by atoms with Crippen LogP contribution in [0.3, 0.4) is 0 Å². The lowest BCUT2D eigenvalue weighted by Crippen LogP contribution is -2.49. The summed E-state index contributed by atoms with van der Waals surface area (Å²) in [7, 11) is 2.95. The Morgan fingerprint density at radius 2 is 0.868 bits per heavy atom. The third-order valence-corrected chi connectivity index (χ3v) is 24.0. The zero-order chi connectivity index (χ0) is 86.4. The summed E-state index contributed by atoms with van der Waals surface area (Å²) >= 11 is 19.8. The number of nitrogens with zero attached hydrogens (tertiary/aromatic N) is 12. The molecule has 632 valence electrons. The van der Waals surface area contributed by atoms with E-state index in [9.17, 15) is 56.4 Å². The van der Waals surface area contributed by atoms with Gasteiger partial charge in [0.25, 0.3) is 45.9 Å². The minimum Gasteiger partial charge on any atom is -0.462 e. The molecule has 35 heteroatoms. The smallest absolute Gasteiger partial charge is 0.345 e. The molecule has 0 bridgehead atoms. The number of piperazine rings is 4. The molecule has 12 aromatic rings. The van der Waals surface area contributed by atoms with Crippen LogP contribution in [-0.4, -0.2) is 206 Å². The number of thiophene rings is 1. The SMILES string of the molecule is CCOC(=O)c1c(N2CCN(C(=O)c3ccc(Cl)c(Cl)c3)CC2)c2cc(C)ccc2n(C)c1=O.CCOC(=O)c1c(N2CCN(C(=O)c3ccco3)CC2)c2cc(Cl)ccc2n(C)c1=O.Cn1c(=O)c(N)c(N2CCN(C(=O)c3cccs3)CC2)c2ccccc21.Cn1c(=O)c(NS(C)(=O)=O)c(N2CCN(C(=O)c3ccco3)CC2)c2ccccc21. The van der Waals surface area contributed by atoms with Crippen LogP contribution < -0.4 is 52.3 Å².